The van der Waals surface area contributed by atoms with Gasteiger partial charge < -0.3 is 5.32 Å². The van der Waals surface area contributed by atoms with Gasteiger partial charge in [0.15, 0.2) is 0 Å². The van der Waals surface area contributed by atoms with Gasteiger partial charge in [-0.05, 0) is 41.9 Å². The second-order valence-electron chi connectivity index (χ2n) is 5.01. The van der Waals surface area contributed by atoms with E-state index in [4.69, 9.17) is 0 Å². The van der Waals surface area contributed by atoms with Gasteiger partial charge in [-0.15, -0.1) is 11.8 Å². The quantitative estimate of drug-likeness (QED) is 0.924. The fourth-order valence-corrected chi connectivity index (χ4v) is 3.34. The topological polar surface area (TPSA) is 29.1 Å². The Kier molecular flexibility index (Phi) is 3.79. The van der Waals surface area contributed by atoms with Gasteiger partial charge >= 0.3 is 0 Å². The van der Waals surface area contributed by atoms with Crippen LogP contribution in [0.4, 0.5) is 5.69 Å². The Morgan fingerprint density at radius 1 is 1.05 bits per heavy atom. The zero-order chi connectivity index (χ0) is 13.9. The molecule has 1 unspecified atom stereocenters. The Hall–Kier alpha value is -1.74. The number of amides is 1. The maximum Gasteiger partial charge on any atom is 0.242 e. The summed E-state index contributed by atoms with van der Waals surface area (Å²) in [6.07, 6.45) is 4.00. The largest absolute Gasteiger partial charge is 0.325 e. The molecule has 2 aromatic carbocycles. The lowest BCUT2D eigenvalue weighted by Crippen LogP contribution is -2.08. The van der Waals surface area contributed by atoms with Crippen molar-refractivity contribution in [1.29, 1.82) is 0 Å². The molecule has 1 aliphatic heterocycles. The van der Waals surface area contributed by atoms with Crippen LogP contribution >= 0.6 is 11.8 Å². The minimum Gasteiger partial charge on any atom is -0.325 e. The number of rotatable bonds is 4. The summed E-state index contributed by atoms with van der Waals surface area (Å²) in [7, 11) is 0. The highest BCUT2D eigenvalue weighted by atomic mass is 32.2. The van der Waals surface area contributed by atoms with E-state index in [1.54, 1.807) is 11.8 Å². The lowest BCUT2D eigenvalue weighted by molar-refractivity contribution is -0.115. The van der Waals surface area contributed by atoms with Crippen LogP contribution in [0.25, 0.3) is 0 Å². The minimum absolute atomic E-state index is 0.0480. The molecule has 1 N–H and O–H groups in total. The number of carbonyl (C=O) groups is 1. The average molecular weight is 283 g/mol. The molecule has 2 aromatic rings. The predicted molar refractivity (Wildman–Crippen MR) is 85.2 cm³/mol. The standard InChI is InChI=1S/C17H17NOS/c1-20-16-14-10-9-13(11-15(14)18-17(16)19)8-7-12-5-3-2-4-6-12/h2-6,9-11,16H,7-8H2,1H3,(H,18,19). The highest BCUT2D eigenvalue weighted by Gasteiger charge is 2.29. The molecule has 1 amide bonds. The first kappa shape index (κ1) is 13.3. The van der Waals surface area contributed by atoms with Crippen molar-refractivity contribution in [3.63, 3.8) is 0 Å². The molecule has 3 rings (SSSR count). The number of fused-ring (bicyclic) bond motifs is 1. The molecule has 0 aliphatic carbocycles. The first-order valence-corrected chi connectivity index (χ1v) is 8.07. The second-order valence-corrected chi connectivity index (χ2v) is 5.96. The Morgan fingerprint density at radius 2 is 1.80 bits per heavy atom. The Morgan fingerprint density at radius 3 is 2.55 bits per heavy atom. The zero-order valence-electron chi connectivity index (χ0n) is 11.4. The molecule has 0 radical (unpaired) electrons. The van der Waals surface area contributed by atoms with Gasteiger partial charge in [-0.25, -0.2) is 0 Å². The number of benzene rings is 2. The molecule has 0 saturated heterocycles. The molecule has 3 heteroatoms. The summed E-state index contributed by atoms with van der Waals surface area (Å²) in [5, 5.41) is 2.93. The van der Waals surface area contributed by atoms with Crippen LogP contribution in [0.5, 0.6) is 0 Å². The highest BCUT2D eigenvalue weighted by molar-refractivity contribution is 7.99. The van der Waals surface area contributed by atoms with Crippen molar-refractivity contribution in [1.82, 2.24) is 0 Å². The maximum absolute atomic E-state index is 11.8. The Bertz CT molecular complexity index is 624. The molecule has 0 spiro atoms. The predicted octanol–water partition coefficient (Wildman–Crippen LogP) is 3.83. The van der Waals surface area contributed by atoms with E-state index in [0.717, 1.165) is 24.1 Å². The van der Waals surface area contributed by atoms with E-state index in [2.05, 4.69) is 47.8 Å². The molecule has 2 nitrogen and oxygen atoms in total. The van der Waals surface area contributed by atoms with Crippen LogP contribution in [0.3, 0.4) is 0 Å². The van der Waals surface area contributed by atoms with Crippen molar-refractivity contribution in [2.24, 2.45) is 0 Å². The van der Waals surface area contributed by atoms with E-state index in [0.29, 0.717) is 0 Å². The normalized spacial score (nSPS) is 16.9. The molecule has 102 valence electrons. The molecule has 0 aromatic heterocycles. The first-order valence-electron chi connectivity index (χ1n) is 6.78. The van der Waals surface area contributed by atoms with Crippen LogP contribution in [0.2, 0.25) is 0 Å². The molecule has 1 heterocycles. The van der Waals surface area contributed by atoms with Gasteiger partial charge in [0, 0.05) is 5.69 Å². The van der Waals surface area contributed by atoms with Crippen molar-refractivity contribution < 1.29 is 4.79 Å². The molecule has 20 heavy (non-hydrogen) atoms. The third-order valence-corrected chi connectivity index (χ3v) is 4.62. The van der Waals surface area contributed by atoms with Gasteiger partial charge in [0.1, 0.15) is 5.25 Å². The molecular formula is C17H17NOS. The van der Waals surface area contributed by atoms with Crippen molar-refractivity contribution in [3.05, 3.63) is 65.2 Å². The first-order chi connectivity index (χ1) is 9.78. The van der Waals surface area contributed by atoms with Crippen LogP contribution < -0.4 is 5.32 Å². The van der Waals surface area contributed by atoms with Crippen LogP contribution in [-0.4, -0.2) is 12.2 Å². The smallest absolute Gasteiger partial charge is 0.242 e. The summed E-state index contributed by atoms with van der Waals surface area (Å²) in [6.45, 7) is 0. The van der Waals surface area contributed by atoms with Crippen molar-refractivity contribution >= 4 is 23.4 Å². The van der Waals surface area contributed by atoms with Gasteiger partial charge in [-0.2, -0.15) is 0 Å². The van der Waals surface area contributed by atoms with Crippen LogP contribution in [0.1, 0.15) is 21.9 Å². The number of nitrogens with one attached hydrogen (secondary N) is 1. The number of aryl methyl sites for hydroxylation is 2. The van der Waals surface area contributed by atoms with Crippen LogP contribution in [-0.2, 0) is 17.6 Å². The summed E-state index contributed by atoms with van der Waals surface area (Å²) in [5.41, 5.74) is 4.72. The van der Waals surface area contributed by atoms with E-state index >= 15 is 0 Å². The Labute approximate surface area is 123 Å². The van der Waals surface area contributed by atoms with Crippen molar-refractivity contribution in [3.8, 4) is 0 Å². The molecule has 0 saturated carbocycles. The van der Waals surface area contributed by atoms with Crippen molar-refractivity contribution in [2.45, 2.75) is 18.1 Å². The third kappa shape index (κ3) is 2.59. The average Bonchev–Trinajstić information content (AvgIpc) is 2.80. The molecule has 0 bridgehead atoms. The number of anilines is 1. The maximum atomic E-state index is 11.8. The fourth-order valence-electron chi connectivity index (χ4n) is 2.60. The summed E-state index contributed by atoms with van der Waals surface area (Å²) < 4.78 is 0. The van der Waals surface area contributed by atoms with Gasteiger partial charge in [0.25, 0.3) is 0 Å². The summed E-state index contributed by atoms with van der Waals surface area (Å²) in [5.74, 6) is 0.104. The van der Waals surface area contributed by atoms with E-state index in [9.17, 15) is 4.79 Å². The third-order valence-electron chi connectivity index (χ3n) is 3.68. The second kappa shape index (κ2) is 5.71. The van der Waals surface area contributed by atoms with E-state index < -0.39 is 0 Å². The van der Waals surface area contributed by atoms with Gasteiger partial charge in [0.05, 0.1) is 0 Å². The monoisotopic (exact) mass is 283 g/mol. The van der Waals surface area contributed by atoms with Gasteiger partial charge in [0.2, 0.25) is 5.91 Å². The van der Waals surface area contributed by atoms with Crippen LogP contribution in [0, 0.1) is 0 Å². The van der Waals surface area contributed by atoms with Crippen molar-refractivity contribution in [2.75, 3.05) is 11.6 Å². The summed E-state index contributed by atoms with van der Waals surface area (Å²) in [6, 6.07) is 16.8. The van der Waals surface area contributed by atoms with E-state index in [1.807, 2.05) is 12.3 Å². The molecule has 1 atom stereocenters. The lowest BCUT2D eigenvalue weighted by atomic mass is 10.0. The summed E-state index contributed by atoms with van der Waals surface area (Å²) >= 11 is 1.59. The van der Waals surface area contributed by atoms with Gasteiger partial charge in [-0.1, -0.05) is 42.5 Å². The minimum atomic E-state index is -0.0480. The fraction of sp³-hybridized carbons (Fsp3) is 0.235. The SMILES string of the molecule is CSC1C(=O)Nc2cc(CCc3ccccc3)ccc21. The number of hydrogen-bond donors (Lipinski definition) is 1. The number of hydrogen-bond acceptors (Lipinski definition) is 2. The molecule has 1 aliphatic rings. The van der Waals surface area contributed by atoms with E-state index in [-0.39, 0.29) is 11.2 Å². The Balaban J connectivity index is 1.74. The number of thioether (sulfide) groups is 1. The molecular weight excluding hydrogens is 266 g/mol. The van der Waals surface area contributed by atoms with Gasteiger partial charge in [-0.3, -0.25) is 4.79 Å². The van der Waals surface area contributed by atoms with E-state index in [1.165, 1.54) is 11.1 Å². The number of carbonyl (C=O) groups excluding carboxylic acids is 1. The lowest BCUT2D eigenvalue weighted by Gasteiger charge is -2.07. The summed E-state index contributed by atoms with van der Waals surface area (Å²) in [4.78, 5) is 11.8. The zero-order valence-corrected chi connectivity index (χ0v) is 12.2. The molecule has 0 fully saturated rings. The highest BCUT2D eigenvalue weighted by Crippen LogP contribution is 2.39. The van der Waals surface area contributed by atoms with Crippen LogP contribution in [0.15, 0.2) is 48.5 Å².